The van der Waals surface area contributed by atoms with E-state index in [0.717, 1.165) is 0 Å². The highest BCUT2D eigenvalue weighted by atomic mass is 14.4. The summed E-state index contributed by atoms with van der Waals surface area (Å²) >= 11 is 0. The summed E-state index contributed by atoms with van der Waals surface area (Å²) in [6.07, 6.45) is 0. The van der Waals surface area contributed by atoms with Gasteiger partial charge in [0.05, 0.1) is 0 Å². The van der Waals surface area contributed by atoms with Crippen molar-refractivity contribution in [3.05, 3.63) is 181 Å². The molecule has 1 aliphatic rings. The average molecular weight is 647 g/mol. The fourth-order valence-corrected chi connectivity index (χ4v) is 9.80. The van der Waals surface area contributed by atoms with Crippen LogP contribution in [-0.4, -0.2) is 0 Å². The summed E-state index contributed by atoms with van der Waals surface area (Å²) in [6.45, 7) is 4.88. The molecule has 0 saturated carbocycles. The minimum Gasteiger partial charge on any atom is -0.0616 e. The van der Waals surface area contributed by atoms with Crippen molar-refractivity contribution in [3.8, 4) is 33.4 Å². The maximum Gasteiger partial charge on any atom is 0.0171 e. The molecule has 10 aromatic rings. The molecule has 0 nitrogen and oxygen atoms in total. The van der Waals surface area contributed by atoms with Gasteiger partial charge in [0.1, 0.15) is 0 Å². The summed E-state index contributed by atoms with van der Waals surface area (Å²) in [6, 6.07) is 63.4. The van der Waals surface area contributed by atoms with E-state index in [9.17, 15) is 0 Å². The van der Waals surface area contributed by atoms with Crippen molar-refractivity contribution >= 4 is 64.6 Å². The van der Waals surface area contributed by atoms with Gasteiger partial charge in [0.15, 0.2) is 0 Å². The molecule has 0 spiro atoms. The number of rotatable bonds is 2. The monoisotopic (exact) mass is 646 g/mol. The van der Waals surface area contributed by atoms with E-state index >= 15 is 0 Å². The number of benzene rings is 10. The van der Waals surface area contributed by atoms with Gasteiger partial charge in [-0.2, -0.15) is 0 Å². The van der Waals surface area contributed by atoms with Crippen LogP contribution in [0.2, 0.25) is 0 Å². The molecule has 0 atom stereocenters. The van der Waals surface area contributed by atoms with Crippen molar-refractivity contribution in [3.63, 3.8) is 0 Å². The summed E-state index contributed by atoms with van der Waals surface area (Å²) in [4.78, 5) is 0. The van der Waals surface area contributed by atoms with E-state index in [1.165, 1.54) is 109 Å². The largest absolute Gasteiger partial charge is 0.0616 e. The maximum atomic E-state index is 2.55. The van der Waals surface area contributed by atoms with Crippen LogP contribution in [0.4, 0.5) is 0 Å². The molecule has 0 unspecified atom stereocenters. The Morgan fingerprint density at radius 1 is 0.275 bits per heavy atom. The summed E-state index contributed by atoms with van der Waals surface area (Å²) in [7, 11) is 0. The van der Waals surface area contributed by atoms with Crippen LogP contribution in [0.3, 0.4) is 0 Å². The van der Waals surface area contributed by atoms with Crippen LogP contribution < -0.4 is 0 Å². The zero-order chi connectivity index (χ0) is 33.8. The number of hydrogen-bond donors (Lipinski definition) is 0. The lowest BCUT2D eigenvalue weighted by Gasteiger charge is -2.26. The Morgan fingerprint density at radius 2 is 0.667 bits per heavy atom. The quantitative estimate of drug-likeness (QED) is 0.129. The second kappa shape index (κ2) is 10.4. The molecular formula is C51H34. The molecule has 1 aliphatic carbocycles. The van der Waals surface area contributed by atoms with Gasteiger partial charge in [-0.25, -0.2) is 0 Å². The lowest BCUT2D eigenvalue weighted by molar-refractivity contribution is 0.672. The molecule has 11 rings (SSSR count). The van der Waals surface area contributed by atoms with E-state index in [4.69, 9.17) is 0 Å². The highest BCUT2D eigenvalue weighted by Gasteiger charge is 2.40. The fourth-order valence-electron chi connectivity index (χ4n) is 9.80. The van der Waals surface area contributed by atoms with Crippen LogP contribution in [0, 0.1) is 0 Å². The number of hydrogen-bond acceptors (Lipinski definition) is 0. The first-order chi connectivity index (χ1) is 25.1. The molecule has 0 fully saturated rings. The molecule has 238 valence electrons. The van der Waals surface area contributed by atoms with Crippen LogP contribution in [-0.2, 0) is 5.41 Å². The van der Waals surface area contributed by atoms with Gasteiger partial charge in [0, 0.05) is 5.41 Å². The molecule has 51 heavy (non-hydrogen) atoms. The Morgan fingerprint density at radius 3 is 1.25 bits per heavy atom. The van der Waals surface area contributed by atoms with E-state index in [1.807, 2.05) is 0 Å². The topological polar surface area (TPSA) is 0 Å². The molecule has 0 amide bonds. The second-order valence-corrected chi connectivity index (χ2v) is 14.7. The first kappa shape index (κ1) is 28.6. The van der Waals surface area contributed by atoms with E-state index in [0.29, 0.717) is 0 Å². The van der Waals surface area contributed by atoms with Gasteiger partial charge in [-0.1, -0.05) is 178 Å². The second-order valence-electron chi connectivity index (χ2n) is 14.7. The zero-order valence-corrected chi connectivity index (χ0v) is 28.7. The van der Waals surface area contributed by atoms with Crippen LogP contribution in [0.1, 0.15) is 25.0 Å². The van der Waals surface area contributed by atoms with Crippen molar-refractivity contribution in [1.82, 2.24) is 0 Å². The lowest BCUT2D eigenvalue weighted by atomic mass is 9.77. The molecule has 0 heterocycles. The fraction of sp³-hybridized carbons (Fsp3) is 0.0588. The van der Waals surface area contributed by atoms with Crippen LogP contribution >= 0.6 is 0 Å². The minimum atomic E-state index is -0.186. The van der Waals surface area contributed by atoms with Crippen LogP contribution in [0.25, 0.3) is 98.0 Å². The Kier molecular flexibility index (Phi) is 5.82. The van der Waals surface area contributed by atoms with Crippen molar-refractivity contribution in [2.45, 2.75) is 19.3 Å². The Hall–Kier alpha value is -6.24. The van der Waals surface area contributed by atoms with Crippen LogP contribution in [0.15, 0.2) is 170 Å². The Labute approximate surface area is 297 Å². The SMILES string of the molecule is CC1(C)c2c(cc(-c3c4ccccc4c(-c4cccc5ccccc45)c4ccccc34)c3ccccc23)-c2c1c1ccccc1c1ccccc21. The summed E-state index contributed by atoms with van der Waals surface area (Å²) in [5, 5.41) is 15.7. The molecule has 0 heteroatoms. The molecule has 0 saturated heterocycles. The van der Waals surface area contributed by atoms with Gasteiger partial charge < -0.3 is 0 Å². The van der Waals surface area contributed by atoms with Gasteiger partial charge in [0.25, 0.3) is 0 Å². The van der Waals surface area contributed by atoms with Crippen molar-refractivity contribution in [2.24, 2.45) is 0 Å². The highest BCUT2D eigenvalue weighted by molar-refractivity contribution is 6.27. The molecule has 0 bridgehead atoms. The molecule has 10 aromatic carbocycles. The predicted octanol–water partition coefficient (Wildman–Crippen LogP) is 14.2. The minimum absolute atomic E-state index is 0.186. The van der Waals surface area contributed by atoms with E-state index in [-0.39, 0.29) is 5.41 Å². The summed E-state index contributed by atoms with van der Waals surface area (Å²) in [5.41, 5.74) is 10.6. The molecule has 0 aromatic heterocycles. The standard InChI is InChI=1S/C51H34/c1-51(2)49-42-27-13-7-21-35(42)44(30-45(49)48-37-22-8-5-19-33(37)34-20-6-14-28-43(34)50(48)51)47-40-25-11-9-23-38(40)46(39-24-10-12-26-41(39)47)36-29-15-17-31-16-3-4-18-32(31)36/h3-30H,1-2H3. The third-order valence-corrected chi connectivity index (χ3v) is 11.8. The van der Waals surface area contributed by atoms with Gasteiger partial charge in [-0.05, 0) is 115 Å². The third kappa shape index (κ3) is 3.80. The zero-order valence-electron chi connectivity index (χ0n) is 28.7. The van der Waals surface area contributed by atoms with Crippen molar-refractivity contribution in [2.75, 3.05) is 0 Å². The first-order valence-corrected chi connectivity index (χ1v) is 18.0. The third-order valence-electron chi connectivity index (χ3n) is 11.8. The number of fused-ring (bicyclic) bond motifs is 13. The predicted molar refractivity (Wildman–Crippen MR) is 220 cm³/mol. The van der Waals surface area contributed by atoms with Crippen molar-refractivity contribution < 1.29 is 0 Å². The lowest BCUT2D eigenvalue weighted by Crippen LogP contribution is -2.16. The maximum absolute atomic E-state index is 2.55. The molecule has 0 aliphatic heterocycles. The first-order valence-electron chi connectivity index (χ1n) is 18.0. The van der Waals surface area contributed by atoms with Gasteiger partial charge in [-0.15, -0.1) is 0 Å². The molecule has 0 N–H and O–H groups in total. The normalized spacial score (nSPS) is 13.5. The van der Waals surface area contributed by atoms with Gasteiger partial charge >= 0.3 is 0 Å². The van der Waals surface area contributed by atoms with Gasteiger partial charge in [0.2, 0.25) is 0 Å². The Balaban J connectivity index is 1.33. The van der Waals surface area contributed by atoms with Crippen molar-refractivity contribution in [1.29, 1.82) is 0 Å². The van der Waals surface area contributed by atoms with Crippen LogP contribution in [0.5, 0.6) is 0 Å². The molecular weight excluding hydrogens is 613 g/mol. The average Bonchev–Trinajstić information content (AvgIpc) is 3.43. The highest BCUT2D eigenvalue weighted by Crippen LogP contribution is 2.58. The Bertz CT molecular complexity index is 3040. The summed E-state index contributed by atoms with van der Waals surface area (Å²) in [5.74, 6) is 0. The molecule has 0 radical (unpaired) electrons. The van der Waals surface area contributed by atoms with E-state index < -0.39 is 0 Å². The smallest absolute Gasteiger partial charge is 0.0171 e. The summed E-state index contributed by atoms with van der Waals surface area (Å²) < 4.78 is 0. The van der Waals surface area contributed by atoms with Gasteiger partial charge in [-0.3, -0.25) is 0 Å². The van der Waals surface area contributed by atoms with E-state index in [1.54, 1.807) is 0 Å². The van der Waals surface area contributed by atoms with E-state index in [2.05, 4.69) is 184 Å².